The fraction of sp³-hybridized carbons (Fsp3) is 0.143. The van der Waals surface area contributed by atoms with Crippen LogP contribution in [-0.4, -0.2) is 0 Å². The number of benzene rings is 4. The smallest absolute Gasteiger partial charge is 0.159 e. The van der Waals surface area contributed by atoms with Crippen LogP contribution in [0, 0.1) is 23.5 Å². The molecule has 0 heterocycles. The molecule has 0 aliphatic heterocycles. The number of aryl methyl sites for hydroxylation is 1. The predicted molar refractivity (Wildman–Crippen MR) is 120 cm³/mol. The average molecular weight is 396 g/mol. The predicted octanol–water partition coefficient (Wildman–Crippen LogP) is 7.53. The molecule has 0 aliphatic carbocycles. The van der Waals surface area contributed by atoms with E-state index < -0.39 is 11.6 Å². The van der Waals surface area contributed by atoms with Crippen LogP contribution in [0.4, 0.5) is 8.78 Å². The third kappa shape index (κ3) is 4.58. The minimum atomic E-state index is -0.830. The van der Waals surface area contributed by atoms with E-state index in [0.717, 1.165) is 28.7 Å². The Bertz CT molecular complexity index is 1220. The fourth-order valence-electron chi connectivity index (χ4n) is 3.45. The van der Waals surface area contributed by atoms with Gasteiger partial charge >= 0.3 is 0 Å². The SMILES string of the molecule is CCCCc1ccc(C#Cc2ccc(-c3ccc4cc(F)c(F)cc4c3)cc2)cc1. The highest BCUT2D eigenvalue weighted by molar-refractivity contribution is 5.87. The molecular weight excluding hydrogens is 374 g/mol. The van der Waals surface area contributed by atoms with E-state index in [-0.39, 0.29) is 0 Å². The molecule has 0 unspecified atom stereocenters. The van der Waals surface area contributed by atoms with E-state index in [0.29, 0.717) is 10.8 Å². The van der Waals surface area contributed by atoms with E-state index in [1.54, 1.807) is 0 Å². The summed E-state index contributed by atoms with van der Waals surface area (Å²) >= 11 is 0. The molecular formula is C28H22F2. The molecule has 4 rings (SSSR count). The van der Waals surface area contributed by atoms with Crippen LogP contribution in [-0.2, 0) is 6.42 Å². The highest BCUT2D eigenvalue weighted by Crippen LogP contribution is 2.26. The van der Waals surface area contributed by atoms with Crippen molar-refractivity contribution in [1.29, 1.82) is 0 Å². The van der Waals surface area contributed by atoms with Crippen LogP contribution in [0.15, 0.2) is 78.9 Å². The van der Waals surface area contributed by atoms with Gasteiger partial charge in [-0.3, -0.25) is 0 Å². The molecule has 0 N–H and O–H groups in total. The van der Waals surface area contributed by atoms with E-state index in [4.69, 9.17) is 0 Å². The van der Waals surface area contributed by atoms with Crippen molar-refractivity contribution in [1.82, 2.24) is 0 Å². The second-order valence-corrected chi connectivity index (χ2v) is 7.46. The maximum absolute atomic E-state index is 13.5. The Kier molecular flexibility index (Phi) is 5.91. The molecule has 0 fully saturated rings. The zero-order valence-electron chi connectivity index (χ0n) is 16.9. The highest BCUT2D eigenvalue weighted by Gasteiger charge is 2.06. The summed E-state index contributed by atoms with van der Waals surface area (Å²) < 4.78 is 26.9. The summed E-state index contributed by atoms with van der Waals surface area (Å²) in [6, 6.07) is 24.5. The summed E-state index contributed by atoms with van der Waals surface area (Å²) in [4.78, 5) is 0. The van der Waals surface area contributed by atoms with Gasteiger partial charge in [0.1, 0.15) is 0 Å². The molecule has 0 saturated heterocycles. The summed E-state index contributed by atoms with van der Waals surface area (Å²) in [5, 5.41) is 1.36. The Labute approximate surface area is 176 Å². The van der Waals surface area contributed by atoms with Crippen LogP contribution in [0.5, 0.6) is 0 Å². The molecule has 0 atom stereocenters. The van der Waals surface area contributed by atoms with Crippen molar-refractivity contribution in [3.63, 3.8) is 0 Å². The number of rotatable bonds is 4. The van der Waals surface area contributed by atoms with Crippen LogP contribution < -0.4 is 0 Å². The number of hydrogen-bond acceptors (Lipinski definition) is 0. The van der Waals surface area contributed by atoms with Crippen molar-refractivity contribution in [2.45, 2.75) is 26.2 Å². The molecule has 0 nitrogen and oxygen atoms in total. The van der Waals surface area contributed by atoms with Gasteiger partial charge in [0.25, 0.3) is 0 Å². The molecule has 0 spiro atoms. The number of fused-ring (bicyclic) bond motifs is 1. The van der Waals surface area contributed by atoms with E-state index >= 15 is 0 Å². The van der Waals surface area contributed by atoms with E-state index in [9.17, 15) is 8.78 Å². The molecule has 0 aromatic heterocycles. The second kappa shape index (κ2) is 8.93. The summed E-state index contributed by atoms with van der Waals surface area (Å²) in [5.41, 5.74) is 5.25. The number of halogens is 2. The van der Waals surface area contributed by atoms with Crippen LogP contribution in [0.1, 0.15) is 36.5 Å². The van der Waals surface area contributed by atoms with Crippen molar-refractivity contribution in [2.24, 2.45) is 0 Å². The minimum absolute atomic E-state index is 0.678. The zero-order valence-corrected chi connectivity index (χ0v) is 16.9. The Morgan fingerprint density at radius 1 is 0.633 bits per heavy atom. The lowest BCUT2D eigenvalue weighted by Crippen LogP contribution is -1.86. The third-order valence-corrected chi connectivity index (χ3v) is 5.22. The van der Waals surface area contributed by atoms with Gasteiger partial charge in [0.2, 0.25) is 0 Å². The van der Waals surface area contributed by atoms with Crippen LogP contribution in [0.3, 0.4) is 0 Å². The summed E-state index contributed by atoms with van der Waals surface area (Å²) in [6.07, 6.45) is 3.52. The fourth-order valence-corrected chi connectivity index (χ4v) is 3.45. The van der Waals surface area contributed by atoms with Gasteiger partial charge in [-0.25, -0.2) is 8.78 Å². The lowest BCUT2D eigenvalue weighted by atomic mass is 10.00. The van der Waals surface area contributed by atoms with Crippen LogP contribution >= 0.6 is 0 Å². The third-order valence-electron chi connectivity index (χ3n) is 5.22. The van der Waals surface area contributed by atoms with E-state index in [1.165, 1.54) is 30.5 Å². The monoisotopic (exact) mass is 396 g/mol. The Morgan fingerprint density at radius 3 is 1.83 bits per heavy atom. The molecule has 0 amide bonds. The van der Waals surface area contributed by atoms with Gasteiger partial charge in [-0.05, 0) is 82.8 Å². The standard InChI is InChI=1S/C28H22F2/c1-2-3-4-20-5-7-21(8-6-20)9-10-22-11-13-23(14-12-22)24-15-16-25-18-27(29)28(30)19-26(25)17-24/h5-8,11-19H,2-4H2,1H3. The summed E-state index contributed by atoms with van der Waals surface area (Å²) in [6.45, 7) is 2.20. The molecule has 2 heteroatoms. The zero-order chi connectivity index (χ0) is 20.9. The first-order chi connectivity index (χ1) is 14.6. The van der Waals surface area contributed by atoms with Crippen LogP contribution in [0.2, 0.25) is 0 Å². The lowest BCUT2D eigenvalue weighted by molar-refractivity contribution is 0.511. The molecule has 0 aliphatic rings. The first kappa shape index (κ1) is 19.9. The molecule has 4 aromatic rings. The number of unbranched alkanes of at least 4 members (excludes halogenated alkanes) is 1. The number of hydrogen-bond donors (Lipinski definition) is 0. The maximum atomic E-state index is 13.5. The topological polar surface area (TPSA) is 0 Å². The molecule has 148 valence electrons. The normalized spacial score (nSPS) is 10.6. The van der Waals surface area contributed by atoms with Gasteiger partial charge in [0.05, 0.1) is 0 Å². The lowest BCUT2D eigenvalue weighted by Gasteiger charge is -2.05. The van der Waals surface area contributed by atoms with Gasteiger partial charge in [-0.1, -0.05) is 61.6 Å². The van der Waals surface area contributed by atoms with Crippen molar-refractivity contribution < 1.29 is 8.78 Å². The molecule has 4 aromatic carbocycles. The van der Waals surface area contributed by atoms with Crippen molar-refractivity contribution in [3.05, 3.63) is 107 Å². The van der Waals surface area contributed by atoms with Crippen molar-refractivity contribution in [3.8, 4) is 23.0 Å². The van der Waals surface area contributed by atoms with Gasteiger partial charge in [0, 0.05) is 11.1 Å². The molecule has 0 bridgehead atoms. The van der Waals surface area contributed by atoms with Gasteiger partial charge < -0.3 is 0 Å². The Hall–Kier alpha value is -3.44. The summed E-state index contributed by atoms with van der Waals surface area (Å²) in [5.74, 6) is 4.76. The highest BCUT2D eigenvalue weighted by atomic mass is 19.2. The quantitative estimate of drug-likeness (QED) is 0.313. The van der Waals surface area contributed by atoms with Gasteiger partial charge in [-0.15, -0.1) is 0 Å². The minimum Gasteiger partial charge on any atom is -0.204 e. The van der Waals surface area contributed by atoms with E-state index in [1.807, 2.05) is 42.5 Å². The van der Waals surface area contributed by atoms with Crippen molar-refractivity contribution in [2.75, 3.05) is 0 Å². The second-order valence-electron chi connectivity index (χ2n) is 7.46. The molecule has 0 radical (unpaired) electrons. The van der Waals surface area contributed by atoms with Crippen LogP contribution in [0.25, 0.3) is 21.9 Å². The van der Waals surface area contributed by atoms with Crippen molar-refractivity contribution >= 4 is 10.8 Å². The molecule has 30 heavy (non-hydrogen) atoms. The molecule has 0 saturated carbocycles. The van der Waals surface area contributed by atoms with Gasteiger partial charge in [0.15, 0.2) is 11.6 Å². The van der Waals surface area contributed by atoms with Gasteiger partial charge in [-0.2, -0.15) is 0 Å². The first-order valence-electron chi connectivity index (χ1n) is 10.2. The average Bonchev–Trinajstić information content (AvgIpc) is 2.78. The Morgan fingerprint density at radius 2 is 1.20 bits per heavy atom. The largest absolute Gasteiger partial charge is 0.204 e. The first-order valence-corrected chi connectivity index (χ1v) is 10.2. The summed E-state index contributed by atoms with van der Waals surface area (Å²) in [7, 11) is 0. The Balaban J connectivity index is 1.51. The maximum Gasteiger partial charge on any atom is 0.159 e. The van der Waals surface area contributed by atoms with E-state index in [2.05, 4.69) is 43.0 Å².